The van der Waals surface area contributed by atoms with Gasteiger partial charge >= 0.3 is 0 Å². The van der Waals surface area contributed by atoms with Crippen LogP contribution in [0, 0.1) is 0 Å². The summed E-state index contributed by atoms with van der Waals surface area (Å²) in [5.41, 5.74) is 0.948. The quantitative estimate of drug-likeness (QED) is 0.811. The van der Waals surface area contributed by atoms with Crippen molar-refractivity contribution in [3.8, 4) is 0 Å². The maximum atomic E-state index is 10.2. The summed E-state index contributed by atoms with van der Waals surface area (Å²) in [6.07, 6.45) is 9.95. The lowest BCUT2D eigenvalue weighted by Gasteiger charge is -2.14. The predicted octanol–water partition coefficient (Wildman–Crippen LogP) is 2.68. The Bertz CT molecular complexity index is 345. The number of rotatable bonds is 7. The molecule has 0 spiro atoms. The Balaban J connectivity index is 1.75. The number of ether oxygens (including phenoxy) is 1. The molecule has 1 aromatic heterocycles. The van der Waals surface area contributed by atoms with Gasteiger partial charge in [-0.1, -0.05) is 6.92 Å². The van der Waals surface area contributed by atoms with E-state index in [1.807, 2.05) is 6.33 Å². The minimum absolute atomic E-state index is 0.388. The first-order valence-electron chi connectivity index (χ1n) is 7.11. The summed E-state index contributed by atoms with van der Waals surface area (Å²) in [5, 5.41) is 10.2. The maximum absolute atomic E-state index is 10.2. The topological polar surface area (TPSA) is 47.3 Å². The third-order valence-corrected chi connectivity index (χ3v) is 3.58. The molecule has 1 saturated heterocycles. The van der Waals surface area contributed by atoms with E-state index in [4.69, 9.17) is 4.74 Å². The Morgan fingerprint density at radius 1 is 1.61 bits per heavy atom. The molecule has 2 unspecified atom stereocenters. The lowest BCUT2D eigenvalue weighted by molar-refractivity contribution is 0.0934. The molecule has 18 heavy (non-hydrogen) atoms. The highest BCUT2D eigenvalue weighted by Gasteiger charge is 2.17. The van der Waals surface area contributed by atoms with Crippen molar-refractivity contribution in [3.63, 3.8) is 0 Å². The van der Waals surface area contributed by atoms with Crippen LogP contribution in [0.2, 0.25) is 0 Å². The number of aliphatic hydroxyl groups is 1. The highest BCUT2D eigenvalue weighted by atomic mass is 16.5. The van der Waals surface area contributed by atoms with E-state index >= 15 is 0 Å². The van der Waals surface area contributed by atoms with Crippen LogP contribution in [0.4, 0.5) is 0 Å². The van der Waals surface area contributed by atoms with Gasteiger partial charge in [0.25, 0.3) is 0 Å². The van der Waals surface area contributed by atoms with Crippen molar-refractivity contribution >= 4 is 0 Å². The van der Waals surface area contributed by atoms with Crippen molar-refractivity contribution in [1.82, 2.24) is 9.55 Å². The van der Waals surface area contributed by atoms with E-state index in [0.717, 1.165) is 44.5 Å². The van der Waals surface area contributed by atoms with Crippen LogP contribution in [0.15, 0.2) is 12.5 Å². The number of aromatic nitrogens is 2. The Morgan fingerprint density at radius 3 is 3.22 bits per heavy atom. The lowest BCUT2D eigenvalue weighted by atomic mass is 10.1. The number of nitrogens with zero attached hydrogens (tertiary/aromatic N) is 2. The van der Waals surface area contributed by atoms with Gasteiger partial charge in [0, 0.05) is 13.2 Å². The zero-order valence-electron chi connectivity index (χ0n) is 11.2. The molecule has 2 heterocycles. The van der Waals surface area contributed by atoms with Gasteiger partial charge in [-0.05, 0) is 38.5 Å². The summed E-state index contributed by atoms with van der Waals surface area (Å²) in [4.78, 5) is 4.13. The van der Waals surface area contributed by atoms with E-state index < -0.39 is 0 Å². The van der Waals surface area contributed by atoms with E-state index in [1.165, 1.54) is 12.8 Å². The van der Waals surface area contributed by atoms with Gasteiger partial charge in [-0.2, -0.15) is 0 Å². The first-order chi connectivity index (χ1) is 8.81. The SMILES string of the molecule is CCCn1cncc1C(O)CCCC1CCCO1. The second-order valence-corrected chi connectivity index (χ2v) is 5.09. The largest absolute Gasteiger partial charge is 0.387 e. The molecule has 0 bridgehead atoms. The highest BCUT2D eigenvalue weighted by Crippen LogP contribution is 2.23. The summed E-state index contributed by atoms with van der Waals surface area (Å²) in [6.45, 7) is 3.97. The molecule has 0 radical (unpaired) electrons. The predicted molar refractivity (Wildman–Crippen MR) is 70.3 cm³/mol. The summed E-state index contributed by atoms with van der Waals surface area (Å²) in [7, 11) is 0. The van der Waals surface area contributed by atoms with Crippen molar-refractivity contribution in [1.29, 1.82) is 0 Å². The second-order valence-electron chi connectivity index (χ2n) is 5.09. The molecular formula is C14H24N2O2. The zero-order chi connectivity index (χ0) is 12.8. The van der Waals surface area contributed by atoms with E-state index in [1.54, 1.807) is 6.20 Å². The van der Waals surface area contributed by atoms with Crippen molar-refractivity contribution < 1.29 is 9.84 Å². The van der Waals surface area contributed by atoms with E-state index in [2.05, 4.69) is 16.5 Å². The number of aliphatic hydroxyl groups excluding tert-OH is 1. The molecule has 2 atom stereocenters. The zero-order valence-corrected chi connectivity index (χ0v) is 11.2. The van der Waals surface area contributed by atoms with Gasteiger partial charge in [-0.25, -0.2) is 4.98 Å². The second kappa shape index (κ2) is 6.90. The molecule has 1 fully saturated rings. The standard InChI is InChI=1S/C14H24N2O2/c1-2-8-16-11-15-10-13(16)14(17)7-3-5-12-6-4-9-18-12/h10-12,14,17H,2-9H2,1H3. The van der Waals surface area contributed by atoms with Gasteiger partial charge in [-0.3, -0.25) is 0 Å². The molecule has 1 N–H and O–H groups in total. The molecule has 0 amide bonds. The van der Waals surface area contributed by atoms with Gasteiger partial charge < -0.3 is 14.4 Å². The number of imidazole rings is 1. The molecule has 2 rings (SSSR count). The maximum Gasteiger partial charge on any atom is 0.0955 e. The molecule has 4 nitrogen and oxygen atoms in total. The van der Waals surface area contributed by atoms with Crippen LogP contribution < -0.4 is 0 Å². The van der Waals surface area contributed by atoms with Gasteiger partial charge in [0.15, 0.2) is 0 Å². The third-order valence-electron chi connectivity index (χ3n) is 3.58. The third kappa shape index (κ3) is 3.56. The minimum atomic E-state index is -0.388. The Labute approximate surface area is 109 Å². The fourth-order valence-corrected chi connectivity index (χ4v) is 2.59. The van der Waals surface area contributed by atoms with Crippen LogP contribution in [0.3, 0.4) is 0 Å². The van der Waals surface area contributed by atoms with Crippen LogP contribution in [0.25, 0.3) is 0 Å². The smallest absolute Gasteiger partial charge is 0.0955 e. The first-order valence-corrected chi connectivity index (χ1v) is 7.11. The number of aryl methyl sites for hydroxylation is 1. The Hall–Kier alpha value is -0.870. The van der Waals surface area contributed by atoms with Crippen molar-refractivity contribution in [2.75, 3.05) is 6.61 Å². The number of hydrogen-bond donors (Lipinski definition) is 1. The van der Waals surface area contributed by atoms with Crippen molar-refractivity contribution in [3.05, 3.63) is 18.2 Å². The minimum Gasteiger partial charge on any atom is -0.387 e. The highest BCUT2D eigenvalue weighted by molar-refractivity contribution is 5.02. The van der Waals surface area contributed by atoms with E-state index in [9.17, 15) is 5.11 Å². The normalized spacial score (nSPS) is 21.3. The average Bonchev–Trinajstić information content (AvgIpc) is 3.00. The summed E-state index contributed by atoms with van der Waals surface area (Å²) in [6, 6.07) is 0. The molecule has 1 aliphatic heterocycles. The summed E-state index contributed by atoms with van der Waals surface area (Å²) in [5.74, 6) is 0. The van der Waals surface area contributed by atoms with E-state index in [-0.39, 0.29) is 6.10 Å². The molecule has 0 aromatic carbocycles. The van der Waals surface area contributed by atoms with Gasteiger partial charge in [0.2, 0.25) is 0 Å². The van der Waals surface area contributed by atoms with Gasteiger partial charge in [-0.15, -0.1) is 0 Å². The van der Waals surface area contributed by atoms with Crippen molar-refractivity contribution in [2.24, 2.45) is 0 Å². The fraction of sp³-hybridized carbons (Fsp3) is 0.786. The van der Waals surface area contributed by atoms with Gasteiger partial charge in [0.05, 0.1) is 30.4 Å². The van der Waals surface area contributed by atoms with Crippen LogP contribution in [0.5, 0.6) is 0 Å². The molecule has 4 heteroatoms. The van der Waals surface area contributed by atoms with Crippen molar-refractivity contribution in [2.45, 2.75) is 64.2 Å². The molecular weight excluding hydrogens is 228 g/mol. The molecule has 0 aliphatic carbocycles. The monoisotopic (exact) mass is 252 g/mol. The van der Waals surface area contributed by atoms with E-state index in [0.29, 0.717) is 6.10 Å². The van der Waals surface area contributed by atoms with Crippen LogP contribution in [-0.4, -0.2) is 27.4 Å². The lowest BCUT2D eigenvalue weighted by Crippen LogP contribution is -2.09. The van der Waals surface area contributed by atoms with Crippen LogP contribution in [0.1, 0.15) is 57.2 Å². The fourth-order valence-electron chi connectivity index (χ4n) is 2.59. The Kier molecular flexibility index (Phi) is 5.20. The van der Waals surface area contributed by atoms with Crippen LogP contribution in [-0.2, 0) is 11.3 Å². The average molecular weight is 252 g/mol. The van der Waals surface area contributed by atoms with Crippen LogP contribution >= 0.6 is 0 Å². The molecule has 102 valence electrons. The van der Waals surface area contributed by atoms with Gasteiger partial charge in [0.1, 0.15) is 0 Å². The molecule has 0 saturated carbocycles. The summed E-state index contributed by atoms with van der Waals surface area (Å²) >= 11 is 0. The molecule has 1 aromatic rings. The summed E-state index contributed by atoms with van der Waals surface area (Å²) < 4.78 is 7.64. The Morgan fingerprint density at radius 2 is 2.50 bits per heavy atom. The first kappa shape index (κ1) is 13.6. The number of hydrogen-bond acceptors (Lipinski definition) is 3. The molecule has 1 aliphatic rings.